The lowest BCUT2D eigenvalue weighted by molar-refractivity contribution is -0.141. The maximum atomic E-state index is 12.5. The first-order valence-electron chi connectivity index (χ1n) is 34.5. The molecule has 0 aromatic heterocycles. The minimum atomic E-state index is -0.984. The topological polar surface area (TPSA) is 382 Å². The van der Waals surface area contributed by atoms with Crippen molar-refractivity contribution in [2.75, 3.05) is 89.0 Å². The summed E-state index contributed by atoms with van der Waals surface area (Å²) in [7, 11) is 10.4. The van der Waals surface area contributed by atoms with Crippen LogP contribution in [0.15, 0.2) is 194 Å². The zero-order valence-electron chi connectivity index (χ0n) is 62.0. The molecule has 27 nitrogen and oxygen atoms in total. The zero-order valence-corrected chi connectivity index (χ0v) is 62.8. The fraction of sp³-hybridized carbons (Fsp3) is 0.256. The van der Waals surface area contributed by atoms with Gasteiger partial charge >= 0.3 is 42.0 Å². The average molecular weight is 1520 g/mol. The Balaban J connectivity index is 0.000000260. The van der Waals surface area contributed by atoms with E-state index in [0.717, 1.165) is 39.9 Å². The van der Waals surface area contributed by atoms with Crippen molar-refractivity contribution in [3.8, 4) is 22.3 Å². The molecule has 8 aromatic carbocycles. The fourth-order valence-electron chi connectivity index (χ4n) is 10.8. The van der Waals surface area contributed by atoms with Crippen LogP contribution in [0.3, 0.4) is 0 Å². The molecule has 0 aliphatic heterocycles. The summed E-state index contributed by atoms with van der Waals surface area (Å²) in [5.74, 6) is -3.19. The molecule has 0 radical (unpaired) electrons. The lowest BCUT2D eigenvalue weighted by Gasteiger charge is -2.21. The van der Waals surface area contributed by atoms with Gasteiger partial charge in [0.15, 0.2) is 5.11 Å². The molecule has 0 saturated carbocycles. The van der Waals surface area contributed by atoms with E-state index in [-0.39, 0.29) is 129 Å². The minimum absolute atomic E-state index is 0.0313. The normalized spacial score (nSPS) is 10.7. The summed E-state index contributed by atoms with van der Waals surface area (Å²) < 4.78 is 28.9. The van der Waals surface area contributed by atoms with Crippen LogP contribution >= 0.6 is 12.2 Å². The predicted octanol–water partition coefficient (Wildman–Crippen LogP) is 9.59. The van der Waals surface area contributed by atoms with Crippen molar-refractivity contribution in [3.63, 3.8) is 0 Å². The Morgan fingerprint density at radius 3 is 1.05 bits per heavy atom. The van der Waals surface area contributed by atoms with Gasteiger partial charge in [-0.15, -0.1) is 0 Å². The van der Waals surface area contributed by atoms with Crippen LogP contribution in [0.4, 0.5) is 9.59 Å². The van der Waals surface area contributed by atoms with E-state index in [1.807, 2.05) is 79.8 Å². The average Bonchev–Trinajstić information content (AvgIpc) is 1.62. The molecule has 2 aliphatic carbocycles. The molecule has 0 saturated heterocycles. The number of nitrogens with zero attached hydrogens (tertiary/aromatic N) is 1. The standard InChI is InChI=1S/C29H29N3O5S.C19H19NO4.C13H18N2O3.C12H13NO4.C8H6O3.CH5N/c1-32(17-19-11-13-20(14-12-19)27(34)30-16-15-26(33)36-2)28(38)31-29(35)37-18-25-23-9-5-3-7-21(23)22-8-4-6-10-24(22)25;1-23-18(21)10-11-20-19(22)24-12-17-15-8-4-2-6-13(15)14-7-3-5-9-16(14)17;1-14-9-10-3-5-11(6-4-10)13(17)15-8-7-12(16)18-2;1-17-11(15)6-7-13-12(16)10-4-2-9(8-14)3-5-10;9-5-6-1-3-7(4-2-6)8(10)11;1-2/h3-14,25H,15-18H2,1-2H3,(H,30,34)(H,31,35,38);2-9,17H,10-12H2,1H3,(H,20,22);3-6,14H,7-9H2,1-2H3,(H,15,17);2-5,8H,6-7H2,1H3,(H,13,16);1-5H,(H,10,11);2H2,1H3. The number of carboxylic acids is 1. The quantitative estimate of drug-likeness (QED) is 0.0108. The molecule has 110 heavy (non-hydrogen) atoms. The molecule has 0 fully saturated rings. The number of aldehydes is 2. The number of hydrogen-bond acceptors (Lipinski definition) is 21. The number of carbonyl (C=O) groups is 12. The number of hydrogen-bond donors (Lipinski definition) is 8. The van der Waals surface area contributed by atoms with Crippen LogP contribution in [0.25, 0.3) is 22.3 Å². The molecule has 2 aliphatic rings. The van der Waals surface area contributed by atoms with E-state index in [2.05, 4.69) is 105 Å². The van der Waals surface area contributed by atoms with Crippen LogP contribution in [0.1, 0.15) is 133 Å². The second-order valence-corrected chi connectivity index (χ2v) is 24.0. The third-order valence-electron chi connectivity index (χ3n) is 16.4. The highest BCUT2D eigenvalue weighted by Crippen LogP contribution is 2.46. The third-order valence-corrected chi connectivity index (χ3v) is 16.8. The summed E-state index contributed by atoms with van der Waals surface area (Å²) in [6, 6.07) is 58.9. The largest absolute Gasteiger partial charge is 0.478 e. The number of rotatable bonds is 26. The first-order valence-corrected chi connectivity index (χ1v) is 34.9. The molecular formula is C82H90N8O19S. The number of methoxy groups -OCH3 is 4. The van der Waals surface area contributed by atoms with E-state index in [1.54, 1.807) is 60.5 Å². The fourth-order valence-corrected chi connectivity index (χ4v) is 10.9. The number of carbonyl (C=O) groups excluding carboxylic acids is 11. The second-order valence-electron chi connectivity index (χ2n) is 23.6. The number of amides is 5. The summed E-state index contributed by atoms with van der Waals surface area (Å²) >= 11 is 5.39. The molecule has 0 heterocycles. The highest BCUT2D eigenvalue weighted by molar-refractivity contribution is 7.80. The van der Waals surface area contributed by atoms with Crippen LogP contribution in [0.2, 0.25) is 0 Å². The molecule has 10 rings (SSSR count). The molecule has 9 N–H and O–H groups in total. The number of esters is 4. The van der Waals surface area contributed by atoms with E-state index in [0.29, 0.717) is 46.9 Å². The Morgan fingerprint density at radius 2 is 0.727 bits per heavy atom. The SMILES string of the molecule is CN.CNCc1ccc(C(=O)NCCC(=O)OC)cc1.COC(=O)CCNC(=O)OCC1c2ccccc2-c2ccccc21.COC(=O)CCNC(=O)c1ccc(C=O)cc1.COC(=O)CCNC(=O)c1ccc(CN(C)C(=S)NC(=O)OCC2c3ccccc3-c3ccccc32)cc1.O=Cc1ccc(C(=O)O)cc1. The Kier molecular flexibility index (Phi) is 38.1. The number of aromatic carboxylic acids is 1. The van der Waals surface area contributed by atoms with Crippen LogP contribution in [-0.4, -0.2) is 176 Å². The van der Waals surface area contributed by atoms with Crippen molar-refractivity contribution in [2.24, 2.45) is 5.73 Å². The van der Waals surface area contributed by atoms with Crippen LogP contribution in [0, 0.1) is 0 Å². The van der Waals surface area contributed by atoms with E-state index >= 15 is 0 Å². The van der Waals surface area contributed by atoms with Crippen LogP contribution < -0.4 is 37.6 Å². The van der Waals surface area contributed by atoms with Gasteiger partial charge in [-0.2, -0.15) is 0 Å². The monoisotopic (exact) mass is 1520 g/mol. The Hall–Kier alpha value is -12.8. The number of alkyl carbamates (subject to hydrolysis) is 2. The molecule has 578 valence electrons. The second kappa shape index (κ2) is 47.7. The van der Waals surface area contributed by atoms with Gasteiger partial charge in [-0.05, 0) is 130 Å². The maximum Gasteiger partial charge on any atom is 0.413 e. The van der Waals surface area contributed by atoms with Crippen molar-refractivity contribution in [1.82, 2.24) is 36.8 Å². The summed E-state index contributed by atoms with van der Waals surface area (Å²) in [5.41, 5.74) is 18.5. The molecule has 0 unspecified atom stereocenters. The lowest BCUT2D eigenvalue weighted by atomic mass is 9.98. The molecular weight excluding hydrogens is 1430 g/mol. The smallest absolute Gasteiger partial charge is 0.413 e. The Labute approximate surface area is 642 Å². The predicted molar refractivity (Wildman–Crippen MR) is 415 cm³/mol. The van der Waals surface area contributed by atoms with Crippen molar-refractivity contribution in [1.29, 1.82) is 0 Å². The van der Waals surface area contributed by atoms with Crippen molar-refractivity contribution in [2.45, 2.75) is 50.6 Å². The van der Waals surface area contributed by atoms with Gasteiger partial charge in [0.1, 0.15) is 25.8 Å². The number of thiocarbonyl (C=S) groups is 1. The zero-order chi connectivity index (χ0) is 80.3. The number of ether oxygens (including phenoxy) is 6. The van der Waals surface area contributed by atoms with Gasteiger partial charge in [-0.1, -0.05) is 146 Å². The van der Waals surface area contributed by atoms with Gasteiger partial charge in [-0.3, -0.25) is 48.5 Å². The number of benzene rings is 8. The number of fused-ring (bicyclic) bond motifs is 6. The molecule has 5 amide bonds. The summed E-state index contributed by atoms with van der Waals surface area (Å²) in [4.78, 5) is 136. The molecule has 28 heteroatoms. The molecule has 0 spiro atoms. The minimum Gasteiger partial charge on any atom is -0.478 e. The Morgan fingerprint density at radius 1 is 0.427 bits per heavy atom. The molecule has 8 aromatic rings. The van der Waals surface area contributed by atoms with E-state index in [1.165, 1.54) is 82.0 Å². The first-order chi connectivity index (χ1) is 53.1. The van der Waals surface area contributed by atoms with E-state index < -0.39 is 18.2 Å². The van der Waals surface area contributed by atoms with Crippen molar-refractivity contribution < 1.29 is 91.1 Å². The van der Waals surface area contributed by atoms with Gasteiger partial charge in [0.25, 0.3) is 17.7 Å². The van der Waals surface area contributed by atoms with Gasteiger partial charge in [0.2, 0.25) is 0 Å². The number of nitrogens with one attached hydrogen (secondary N) is 6. The summed E-state index contributed by atoms with van der Waals surface area (Å²) in [6.45, 7) is 2.56. The number of carboxylic acid groups (broad SMARTS) is 1. The van der Waals surface area contributed by atoms with Gasteiger partial charge in [0.05, 0.1) is 59.7 Å². The molecule has 0 bridgehead atoms. The lowest BCUT2D eigenvalue weighted by Crippen LogP contribution is -2.40. The maximum absolute atomic E-state index is 12.5. The van der Waals surface area contributed by atoms with Gasteiger partial charge < -0.3 is 70.7 Å². The highest BCUT2D eigenvalue weighted by Gasteiger charge is 2.31. The van der Waals surface area contributed by atoms with Crippen molar-refractivity contribution in [3.05, 3.63) is 261 Å². The van der Waals surface area contributed by atoms with Gasteiger partial charge in [0, 0.05) is 86.0 Å². The molecule has 0 atom stereocenters. The van der Waals surface area contributed by atoms with Crippen LogP contribution in [0.5, 0.6) is 0 Å². The third kappa shape index (κ3) is 28.5. The Bertz CT molecular complexity index is 4320. The van der Waals surface area contributed by atoms with E-state index in [9.17, 15) is 57.5 Å². The van der Waals surface area contributed by atoms with Gasteiger partial charge in [-0.25, -0.2) is 14.4 Å². The highest BCUT2D eigenvalue weighted by atomic mass is 32.1. The van der Waals surface area contributed by atoms with Crippen molar-refractivity contribution >= 4 is 89.7 Å². The van der Waals surface area contributed by atoms with E-state index in [4.69, 9.17) is 26.8 Å². The summed E-state index contributed by atoms with van der Waals surface area (Å²) in [6.07, 6.45) is 0.794. The first kappa shape index (κ1) is 87.8. The summed E-state index contributed by atoms with van der Waals surface area (Å²) in [5, 5.41) is 24.8. The van der Waals surface area contributed by atoms with Crippen LogP contribution in [-0.2, 0) is 60.7 Å². The number of nitrogens with two attached hydrogens (primary N) is 1.